The van der Waals surface area contributed by atoms with Crippen LogP contribution in [-0.4, -0.2) is 24.0 Å². The largest absolute Gasteiger partial charge is 0.357 e. The highest BCUT2D eigenvalue weighted by Gasteiger charge is 2.12. The lowest BCUT2D eigenvalue weighted by Crippen LogP contribution is -2.39. The highest BCUT2D eigenvalue weighted by molar-refractivity contribution is 7.11. The van der Waals surface area contributed by atoms with Crippen LogP contribution in [0.15, 0.2) is 23.2 Å². The average Bonchev–Trinajstić information content (AvgIpc) is 2.87. The molecule has 1 heterocycles. The standard InChI is InChI=1S/C18H24F2N4S/c1-5-21-18(23-10-17-12(3)24-13(4)25-17)22-9-11(2)15-7-6-14(19)8-16(15)20/h6-8,11H,5,9-10H2,1-4H3,(H2,21,22,23). The Balaban J connectivity index is 2.00. The summed E-state index contributed by atoms with van der Waals surface area (Å²) in [5, 5.41) is 7.43. The van der Waals surface area contributed by atoms with E-state index in [1.165, 1.54) is 12.1 Å². The number of hydrogen-bond acceptors (Lipinski definition) is 3. The maximum absolute atomic E-state index is 13.9. The lowest BCUT2D eigenvalue weighted by atomic mass is 10.0. The molecule has 4 nitrogen and oxygen atoms in total. The van der Waals surface area contributed by atoms with Gasteiger partial charge in [-0.05, 0) is 32.4 Å². The third-order valence-electron chi connectivity index (χ3n) is 3.79. The molecule has 0 aliphatic rings. The minimum atomic E-state index is -0.563. The number of nitrogens with zero attached hydrogens (tertiary/aromatic N) is 2. The van der Waals surface area contributed by atoms with Crippen LogP contribution in [-0.2, 0) is 6.54 Å². The zero-order valence-corrected chi connectivity index (χ0v) is 15.8. The van der Waals surface area contributed by atoms with Crippen LogP contribution in [0.4, 0.5) is 8.78 Å². The first-order valence-electron chi connectivity index (χ1n) is 8.30. The SMILES string of the molecule is CCNC(=NCc1sc(C)nc1C)NCC(C)c1ccc(F)cc1F. The van der Waals surface area contributed by atoms with Gasteiger partial charge in [-0.1, -0.05) is 13.0 Å². The number of hydrogen-bond donors (Lipinski definition) is 2. The highest BCUT2D eigenvalue weighted by Crippen LogP contribution is 2.19. The molecule has 2 rings (SSSR count). The van der Waals surface area contributed by atoms with Crippen LogP contribution in [0.3, 0.4) is 0 Å². The predicted molar refractivity (Wildman–Crippen MR) is 99.2 cm³/mol. The Morgan fingerprint density at radius 3 is 2.64 bits per heavy atom. The molecule has 1 atom stereocenters. The Morgan fingerprint density at radius 1 is 1.28 bits per heavy atom. The Morgan fingerprint density at radius 2 is 2.04 bits per heavy atom. The summed E-state index contributed by atoms with van der Waals surface area (Å²) in [6, 6.07) is 3.69. The summed E-state index contributed by atoms with van der Waals surface area (Å²) in [6.45, 7) is 9.61. The molecule has 1 aromatic heterocycles. The van der Waals surface area contributed by atoms with E-state index in [0.717, 1.165) is 28.2 Å². The smallest absolute Gasteiger partial charge is 0.191 e. The molecular formula is C18H24F2N4S. The van der Waals surface area contributed by atoms with Crippen molar-refractivity contribution in [1.29, 1.82) is 0 Å². The summed E-state index contributed by atoms with van der Waals surface area (Å²) in [4.78, 5) is 10.1. The first-order chi connectivity index (χ1) is 11.9. The zero-order chi connectivity index (χ0) is 18.4. The molecular weight excluding hydrogens is 342 g/mol. The molecule has 1 unspecified atom stereocenters. The summed E-state index contributed by atoms with van der Waals surface area (Å²) in [5.41, 5.74) is 1.49. The van der Waals surface area contributed by atoms with E-state index in [1.54, 1.807) is 11.3 Å². The third kappa shape index (κ3) is 5.49. The van der Waals surface area contributed by atoms with Crippen LogP contribution in [0.5, 0.6) is 0 Å². The normalized spacial score (nSPS) is 13.0. The van der Waals surface area contributed by atoms with Gasteiger partial charge in [-0.2, -0.15) is 0 Å². The van der Waals surface area contributed by atoms with Crippen molar-refractivity contribution in [2.75, 3.05) is 13.1 Å². The first kappa shape index (κ1) is 19.3. The number of nitrogens with one attached hydrogen (secondary N) is 2. The van der Waals surface area contributed by atoms with Crippen molar-refractivity contribution in [2.24, 2.45) is 4.99 Å². The van der Waals surface area contributed by atoms with E-state index in [-0.39, 0.29) is 5.92 Å². The van der Waals surface area contributed by atoms with Crippen molar-refractivity contribution in [3.63, 3.8) is 0 Å². The molecule has 0 bridgehead atoms. The average molecular weight is 366 g/mol. The number of thiazole rings is 1. The van der Waals surface area contributed by atoms with Crippen molar-refractivity contribution in [3.05, 3.63) is 51.0 Å². The Hall–Kier alpha value is -2.02. The van der Waals surface area contributed by atoms with Crippen molar-refractivity contribution >= 4 is 17.3 Å². The monoisotopic (exact) mass is 366 g/mol. The summed E-state index contributed by atoms with van der Waals surface area (Å²) < 4.78 is 26.9. The van der Waals surface area contributed by atoms with E-state index in [4.69, 9.17) is 0 Å². The number of aromatic nitrogens is 1. The van der Waals surface area contributed by atoms with Gasteiger partial charge in [0.25, 0.3) is 0 Å². The van der Waals surface area contributed by atoms with E-state index in [9.17, 15) is 8.78 Å². The van der Waals surface area contributed by atoms with Crippen LogP contribution in [0.25, 0.3) is 0 Å². The van der Waals surface area contributed by atoms with Crippen LogP contribution < -0.4 is 10.6 Å². The molecule has 25 heavy (non-hydrogen) atoms. The van der Waals surface area contributed by atoms with Gasteiger partial charge in [0.15, 0.2) is 5.96 Å². The molecule has 0 amide bonds. The van der Waals surface area contributed by atoms with Gasteiger partial charge in [-0.25, -0.2) is 18.8 Å². The van der Waals surface area contributed by atoms with Gasteiger partial charge in [0.05, 0.1) is 17.2 Å². The second-order valence-corrected chi connectivity index (χ2v) is 7.17. The highest BCUT2D eigenvalue weighted by atomic mass is 32.1. The van der Waals surface area contributed by atoms with Crippen LogP contribution in [0, 0.1) is 25.5 Å². The summed E-state index contributed by atoms with van der Waals surface area (Å²) in [7, 11) is 0. The van der Waals surface area contributed by atoms with Gasteiger partial charge in [0.1, 0.15) is 11.6 Å². The number of rotatable bonds is 6. The maximum atomic E-state index is 13.9. The molecule has 7 heteroatoms. The molecule has 0 spiro atoms. The molecule has 0 radical (unpaired) electrons. The van der Waals surface area contributed by atoms with E-state index in [0.29, 0.717) is 24.6 Å². The molecule has 0 saturated carbocycles. The van der Waals surface area contributed by atoms with Gasteiger partial charge < -0.3 is 10.6 Å². The second kappa shape index (κ2) is 8.89. The Bertz CT molecular complexity index is 743. The fraction of sp³-hybridized carbons (Fsp3) is 0.444. The van der Waals surface area contributed by atoms with E-state index in [2.05, 4.69) is 20.6 Å². The second-order valence-electron chi connectivity index (χ2n) is 5.88. The molecule has 0 fully saturated rings. The minimum Gasteiger partial charge on any atom is -0.357 e. The Kier molecular flexibility index (Phi) is 6.87. The zero-order valence-electron chi connectivity index (χ0n) is 15.0. The third-order valence-corrected chi connectivity index (χ3v) is 4.85. The summed E-state index contributed by atoms with van der Waals surface area (Å²) in [5.74, 6) is -0.530. The molecule has 136 valence electrons. The van der Waals surface area contributed by atoms with Gasteiger partial charge in [0.2, 0.25) is 0 Å². The van der Waals surface area contributed by atoms with Crippen molar-refractivity contribution < 1.29 is 8.78 Å². The van der Waals surface area contributed by atoms with Crippen LogP contribution >= 0.6 is 11.3 Å². The molecule has 0 saturated heterocycles. The Labute approximate surface area is 151 Å². The van der Waals surface area contributed by atoms with E-state index < -0.39 is 11.6 Å². The van der Waals surface area contributed by atoms with Crippen LogP contribution in [0.2, 0.25) is 0 Å². The molecule has 0 aliphatic heterocycles. The van der Waals surface area contributed by atoms with Gasteiger partial charge >= 0.3 is 0 Å². The number of aryl methyl sites for hydroxylation is 2. The van der Waals surface area contributed by atoms with E-state index in [1.807, 2.05) is 27.7 Å². The van der Waals surface area contributed by atoms with Crippen molar-refractivity contribution in [3.8, 4) is 0 Å². The molecule has 2 N–H and O–H groups in total. The number of guanidine groups is 1. The molecule has 0 aliphatic carbocycles. The van der Waals surface area contributed by atoms with Gasteiger partial charge in [-0.15, -0.1) is 11.3 Å². The topological polar surface area (TPSA) is 49.3 Å². The number of aliphatic imine (C=N–C) groups is 1. The lowest BCUT2D eigenvalue weighted by Gasteiger charge is -2.16. The first-order valence-corrected chi connectivity index (χ1v) is 9.12. The van der Waals surface area contributed by atoms with Gasteiger partial charge in [-0.3, -0.25) is 0 Å². The molecule has 2 aromatic rings. The quantitative estimate of drug-likeness (QED) is 0.602. The fourth-order valence-corrected chi connectivity index (χ4v) is 3.34. The van der Waals surface area contributed by atoms with Gasteiger partial charge in [0, 0.05) is 30.0 Å². The molecule has 1 aromatic carbocycles. The minimum absolute atomic E-state index is 0.114. The van der Waals surface area contributed by atoms with E-state index >= 15 is 0 Å². The summed E-state index contributed by atoms with van der Waals surface area (Å²) in [6.07, 6.45) is 0. The number of halogens is 2. The maximum Gasteiger partial charge on any atom is 0.191 e. The van der Waals surface area contributed by atoms with Crippen LogP contribution in [0.1, 0.15) is 40.9 Å². The predicted octanol–water partition coefficient (Wildman–Crippen LogP) is 3.90. The lowest BCUT2D eigenvalue weighted by molar-refractivity contribution is 0.556. The van der Waals surface area contributed by atoms with Crippen molar-refractivity contribution in [1.82, 2.24) is 15.6 Å². The fourth-order valence-electron chi connectivity index (χ4n) is 2.47. The summed E-state index contributed by atoms with van der Waals surface area (Å²) >= 11 is 1.64. The number of benzene rings is 1. The van der Waals surface area contributed by atoms with Crippen molar-refractivity contribution in [2.45, 2.75) is 40.2 Å².